The Kier molecular flexibility index (Phi) is 6.06. The highest BCUT2D eigenvalue weighted by atomic mass is 19.4. The van der Waals surface area contributed by atoms with Crippen molar-refractivity contribution in [1.29, 1.82) is 0 Å². The van der Waals surface area contributed by atoms with Gasteiger partial charge in [0.1, 0.15) is 12.4 Å². The van der Waals surface area contributed by atoms with Crippen LogP contribution in [0.3, 0.4) is 0 Å². The summed E-state index contributed by atoms with van der Waals surface area (Å²) in [6.45, 7) is 0.233. The number of halogens is 3. The number of hydrogen-bond donors (Lipinski definition) is 1. The highest BCUT2D eigenvalue weighted by Gasteiger charge is 2.33. The van der Waals surface area contributed by atoms with Crippen molar-refractivity contribution < 1.29 is 27.8 Å². The van der Waals surface area contributed by atoms with Gasteiger partial charge in [0.25, 0.3) is 0 Å². The fraction of sp³-hybridized carbons (Fsp3) is 0.103. The Labute approximate surface area is 204 Å². The average Bonchev–Trinajstić information content (AvgIpc) is 2.86. The molecule has 0 aliphatic heterocycles. The van der Waals surface area contributed by atoms with Crippen LogP contribution in [0.15, 0.2) is 91.1 Å². The molecule has 1 N–H and O–H groups in total. The first-order valence-electron chi connectivity index (χ1n) is 11.2. The molecule has 0 aliphatic rings. The number of nitrogens with zero attached hydrogens (tertiary/aromatic N) is 1. The standard InChI is InChI=1S/C29H20F3NO3/c30-29(31,32)26-9-3-8-24-23(12-13-33-28(24)26)20-6-1-4-18(14-20)17-36-22-11-10-19-5-2-7-21(15-27(34)35)25(19)16-22/h1-14,16H,15,17H2,(H,34,35). The molecule has 4 aromatic carbocycles. The van der Waals surface area contributed by atoms with Gasteiger partial charge in [0.2, 0.25) is 0 Å². The van der Waals surface area contributed by atoms with E-state index in [1.807, 2.05) is 54.6 Å². The van der Waals surface area contributed by atoms with E-state index in [0.717, 1.165) is 28.0 Å². The smallest absolute Gasteiger partial charge is 0.418 e. The van der Waals surface area contributed by atoms with Gasteiger partial charge in [-0.2, -0.15) is 13.2 Å². The fourth-order valence-electron chi connectivity index (χ4n) is 4.38. The SMILES string of the molecule is O=C(O)Cc1cccc2ccc(OCc3cccc(-c4ccnc5c(C(F)(F)F)cccc45)c3)cc12. The van der Waals surface area contributed by atoms with Crippen molar-refractivity contribution in [2.75, 3.05) is 0 Å². The normalized spacial score (nSPS) is 11.6. The summed E-state index contributed by atoms with van der Waals surface area (Å²) in [6.07, 6.45) is -3.19. The van der Waals surface area contributed by atoms with Gasteiger partial charge in [0, 0.05) is 11.6 Å². The highest BCUT2D eigenvalue weighted by Crippen LogP contribution is 2.37. The van der Waals surface area contributed by atoms with Gasteiger partial charge in [-0.05, 0) is 63.4 Å². The first-order chi connectivity index (χ1) is 17.3. The van der Waals surface area contributed by atoms with Crippen molar-refractivity contribution in [3.8, 4) is 16.9 Å². The minimum Gasteiger partial charge on any atom is -0.489 e. The van der Waals surface area contributed by atoms with E-state index < -0.39 is 17.7 Å². The Hall–Kier alpha value is -4.39. The van der Waals surface area contributed by atoms with Crippen LogP contribution in [0.2, 0.25) is 0 Å². The minimum atomic E-state index is -4.50. The average molecular weight is 487 g/mol. The summed E-state index contributed by atoms with van der Waals surface area (Å²) in [7, 11) is 0. The summed E-state index contributed by atoms with van der Waals surface area (Å²) in [4.78, 5) is 15.2. The number of ether oxygens (including phenoxy) is 1. The van der Waals surface area contributed by atoms with Crippen LogP contribution in [-0.4, -0.2) is 16.1 Å². The van der Waals surface area contributed by atoms with Gasteiger partial charge >= 0.3 is 12.1 Å². The number of carbonyl (C=O) groups is 1. The molecule has 0 spiro atoms. The van der Waals surface area contributed by atoms with E-state index in [1.165, 1.54) is 12.3 Å². The lowest BCUT2D eigenvalue weighted by Gasteiger charge is -2.13. The van der Waals surface area contributed by atoms with E-state index in [0.29, 0.717) is 22.3 Å². The summed E-state index contributed by atoms with van der Waals surface area (Å²) in [5.41, 5.74) is 2.10. The van der Waals surface area contributed by atoms with Crippen molar-refractivity contribution in [3.63, 3.8) is 0 Å². The molecular weight excluding hydrogens is 467 g/mol. The monoisotopic (exact) mass is 487 g/mol. The number of alkyl halides is 3. The molecule has 0 unspecified atom stereocenters. The summed E-state index contributed by atoms with van der Waals surface area (Å²) in [5, 5.41) is 11.4. The van der Waals surface area contributed by atoms with Crippen molar-refractivity contribution in [2.45, 2.75) is 19.2 Å². The molecule has 0 aliphatic carbocycles. The maximum absolute atomic E-state index is 13.5. The summed E-state index contributed by atoms with van der Waals surface area (Å²) in [5.74, 6) is -0.313. The molecule has 0 saturated carbocycles. The zero-order valence-corrected chi connectivity index (χ0v) is 18.9. The molecule has 5 rings (SSSR count). The number of carboxylic acids is 1. The molecule has 0 amide bonds. The van der Waals surface area contributed by atoms with Gasteiger partial charge in [-0.1, -0.05) is 54.6 Å². The Balaban J connectivity index is 1.44. The third-order valence-corrected chi connectivity index (χ3v) is 6.01. The third kappa shape index (κ3) is 4.73. The fourth-order valence-corrected chi connectivity index (χ4v) is 4.38. The molecule has 1 aromatic heterocycles. The number of aliphatic carboxylic acids is 1. The van der Waals surface area contributed by atoms with Crippen LogP contribution in [0.1, 0.15) is 16.7 Å². The van der Waals surface area contributed by atoms with Crippen molar-refractivity contribution in [1.82, 2.24) is 4.98 Å². The Morgan fingerprint density at radius 2 is 1.69 bits per heavy atom. The van der Waals surface area contributed by atoms with Crippen LogP contribution >= 0.6 is 0 Å². The molecule has 0 bridgehead atoms. The molecule has 0 atom stereocenters. The maximum Gasteiger partial charge on any atom is 0.418 e. The van der Waals surface area contributed by atoms with E-state index in [1.54, 1.807) is 18.2 Å². The molecule has 0 radical (unpaired) electrons. The molecule has 180 valence electrons. The maximum atomic E-state index is 13.5. The van der Waals surface area contributed by atoms with Crippen molar-refractivity contribution >= 4 is 27.6 Å². The number of rotatable bonds is 6. The summed E-state index contributed by atoms with van der Waals surface area (Å²) < 4.78 is 46.4. The van der Waals surface area contributed by atoms with Crippen LogP contribution < -0.4 is 4.74 Å². The molecule has 36 heavy (non-hydrogen) atoms. The molecule has 7 heteroatoms. The lowest BCUT2D eigenvalue weighted by molar-refractivity contribution is -0.137. The topological polar surface area (TPSA) is 59.4 Å². The van der Waals surface area contributed by atoms with E-state index in [-0.39, 0.29) is 18.5 Å². The quantitative estimate of drug-likeness (QED) is 0.273. The van der Waals surface area contributed by atoms with Crippen LogP contribution in [0.5, 0.6) is 5.75 Å². The van der Waals surface area contributed by atoms with E-state index in [9.17, 15) is 23.1 Å². The minimum absolute atomic E-state index is 0.0845. The number of hydrogen-bond acceptors (Lipinski definition) is 3. The van der Waals surface area contributed by atoms with Crippen molar-refractivity contribution in [3.05, 3.63) is 108 Å². The summed E-state index contributed by atoms with van der Waals surface area (Å²) >= 11 is 0. The molecular formula is C29H20F3NO3. The van der Waals surface area contributed by atoms with Gasteiger partial charge in [-0.25, -0.2) is 0 Å². The molecule has 1 heterocycles. The van der Waals surface area contributed by atoms with Gasteiger partial charge in [0.05, 0.1) is 17.5 Å². The van der Waals surface area contributed by atoms with Crippen molar-refractivity contribution in [2.24, 2.45) is 0 Å². The second kappa shape index (κ2) is 9.34. The zero-order chi connectivity index (χ0) is 25.3. The Bertz CT molecular complexity index is 1590. The predicted octanol–water partition coefficient (Wildman–Crippen LogP) is 7.28. The lowest BCUT2D eigenvalue weighted by Crippen LogP contribution is -2.06. The predicted molar refractivity (Wildman–Crippen MR) is 132 cm³/mol. The van der Waals surface area contributed by atoms with Crippen LogP contribution in [0.4, 0.5) is 13.2 Å². The molecule has 5 aromatic rings. The molecule has 0 fully saturated rings. The Morgan fingerprint density at radius 1 is 0.889 bits per heavy atom. The second-order valence-electron chi connectivity index (χ2n) is 8.42. The lowest BCUT2D eigenvalue weighted by atomic mass is 9.98. The van der Waals surface area contributed by atoms with E-state index in [2.05, 4.69) is 4.98 Å². The third-order valence-electron chi connectivity index (χ3n) is 6.01. The van der Waals surface area contributed by atoms with E-state index in [4.69, 9.17) is 4.74 Å². The second-order valence-corrected chi connectivity index (χ2v) is 8.42. The first kappa shape index (κ1) is 23.4. The van der Waals surface area contributed by atoms with Crippen LogP contribution in [0.25, 0.3) is 32.8 Å². The van der Waals surface area contributed by atoms with Crippen LogP contribution in [0, 0.1) is 0 Å². The van der Waals surface area contributed by atoms with Gasteiger partial charge in [-0.3, -0.25) is 9.78 Å². The van der Waals surface area contributed by atoms with Gasteiger partial charge in [0.15, 0.2) is 0 Å². The molecule has 4 nitrogen and oxygen atoms in total. The van der Waals surface area contributed by atoms with Gasteiger partial charge in [-0.15, -0.1) is 0 Å². The number of pyridine rings is 1. The number of carboxylic acid groups (broad SMARTS) is 1. The molecule has 0 saturated heterocycles. The number of para-hydroxylation sites is 1. The summed E-state index contributed by atoms with van der Waals surface area (Å²) in [6, 6.07) is 24.3. The highest BCUT2D eigenvalue weighted by molar-refractivity contribution is 5.96. The number of fused-ring (bicyclic) bond motifs is 2. The van der Waals surface area contributed by atoms with E-state index >= 15 is 0 Å². The first-order valence-corrected chi connectivity index (χ1v) is 11.2. The van der Waals surface area contributed by atoms with Crippen LogP contribution in [-0.2, 0) is 24.0 Å². The van der Waals surface area contributed by atoms with Gasteiger partial charge < -0.3 is 9.84 Å². The number of benzene rings is 4. The Morgan fingerprint density at radius 3 is 2.50 bits per heavy atom. The zero-order valence-electron chi connectivity index (χ0n) is 18.9. The number of aromatic nitrogens is 1. The largest absolute Gasteiger partial charge is 0.489 e.